The Bertz CT molecular complexity index is 911. The molecule has 3 amide bonds. The summed E-state index contributed by atoms with van der Waals surface area (Å²) in [6.07, 6.45) is 0. The summed E-state index contributed by atoms with van der Waals surface area (Å²) in [4.78, 5) is 44.9. The summed E-state index contributed by atoms with van der Waals surface area (Å²) < 4.78 is 4.94. The Labute approximate surface area is 159 Å². The lowest BCUT2D eigenvalue weighted by Gasteiger charge is -2.09. The fraction of sp³-hybridized carbons (Fsp3) is 0.167. The zero-order valence-electron chi connectivity index (χ0n) is 14.9. The van der Waals surface area contributed by atoms with Crippen LogP contribution >= 0.6 is 0 Å². The van der Waals surface area contributed by atoms with E-state index in [0.717, 1.165) is 5.56 Å². The van der Waals surface area contributed by atoms with Crippen molar-refractivity contribution in [2.75, 3.05) is 11.9 Å². The van der Waals surface area contributed by atoms with Gasteiger partial charge in [0.2, 0.25) is 0 Å². The smallest absolute Gasteiger partial charge is 0.338 e. The van der Waals surface area contributed by atoms with Crippen LogP contribution in [0, 0.1) is 17.0 Å². The van der Waals surface area contributed by atoms with Crippen LogP contribution in [0.25, 0.3) is 0 Å². The number of amides is 3. The van der Waals surface area contributed by atoms with Crippen LogP contribution in [0.4, 0.5) is 16.2 Å². The molecule has 0 saturated heterocycles. The third kappa shape index (κ3) is 5.80. The summed E-state index contributed by atoms with van der Waals surface area (Å²) in [5, 5.41) is 15.7. The maximum atomic E-state index is 12.0. The van der Waals surface area contributed by atoms with Crippen molar-refractivity contribution in [3.8, 4) is 0 Å². The molecule has 0 atom stereocenters. The van der Waals surface area contributed by atoms with Gasteiger partial charge >= 0.3 is 12.0 Å². The minimum atomic E-state index is -0.708. The molecule has 4 N–H and O–H groups in total. The van der Waals surface area contributed by atoms with E-state index in [9.17, 15) is 24.5 Å². The summed E-state index contributed by atoms with van der Waals surface area (Å²) in [6, 6.07) is 9.61. The molecule has 0 saturated carbocycles. The number of nitro groups is 1. The van der Waals surface area contributed by atoms with Crippen molar-refractivity contribution in [2.24, 2.45) is 5.73 Å². The van der Waals surface area contributed by atoms with E-state index in [4.69, 9.17) is 10.5 Å². The first-order chi connectivity index (χ1) is 13.3. The third-order valence-corrected chi connectivity index (χ3v) is 3.70. The predicted molar refractivity (Wildman–Crippen MR) is 99.6 cm³/mol. The van der Waals surface area contributed by atoms with E-state index in [0.29, 0.717) is 5.56 Å². The molecular weight excluding hydrogens is 368 g/mol. The van der Waals surface area contributed by atoms with Gasteiger partial charge in [0.25, 0.3) is 11.6 Å². The van der Waals surface area contributed by atoms with Gasteiger partial charge in [-0.3, -0.25) is 14.9 Å². The zero-order valence-corrected chi connectivity index (χ0v) is 14.9. The largest absolute Gasteiger partial charge is 0.452 e. The lowest BCUT2D eigenvalue weighted by Crippen LogP contribution is -2.28. The topological polar surface area (TPSA) is 154 Å². The molecule has 2 rings (SSSR count). The minimum Gasteiger partial charge on any atom is -0.452 e. The van der Waals surface area contributed by atoms with E-state index in [2.05, 4.69) is 10.6 Å². The van der Waals surface area contributed by atoms with Crippen LogP contribution in [-0.4, -0.2) is 29.4 Å². The number of nitro benzene ring substituents is 1. The van der Waals surface area contributed by atoms with E-state index in [-0.39, 0.29) is 23.5 Å². The molecule has 0 bridgehead atoms. The van der Waals surface area contributed by atoms with Crippen molar-refractivity contribution >= 4 is 29.3 Å². The molecule has 0 heterocycles. The van der Waals surface area contributed by atoms with E-state index in [1.54, 1.807) is 19.1 Å². The highest BCUT2D eigenvalue weighted by Crippen LogP contribution is 2.21. The number of urea groups is 1. The number of anilines is 1. The number of hydrogen-bond donors (Lipinski definition) is 3. The number of carbonyl (C=O) groups excluding carboxylic acids is 3. The molecule has 146 valence electrons. The van der Waals surface area contributed by atoms with Gasteiger partial charge in [-0.05, 0) is 30.2 Å². The first-order valence-electron chi connectivity index (χ1n) is 8.10. The summed E-state index contributed by atoms with van der Waals surface area (Å²) in [5.74, 6) is -1.33. The highest BCUT2D eigenvalue weighted by Gasteiger charge is 2.13. The van der Waals surface area contributed by atoms with Gasteiger partial charge < -0.3 is 21.1 Å². The van der Waals surface area contributed by atoms with E-state index in [1.165, 1.54) is 30.3 Å². The maximum Gasteiger partial charge on any atom is 0.338 e. The summed E-state index contributed by atoms with van der Waals surface area (Å²) in [7, 11) is 0. The van der Waals surface area contributed by atoms with Crippen LogP contribution in [0.1, 0.15) is 21.5 Å². The molecule has 0 fully saturated rings. The molecule has 2 aromatic carbocycles. The molecule has 0 aromatic heterocycles. The Kier molecular flexibility index (Phi) is 6.63. The van der Waals surface area contributed by atoms with Gasteiger partial charge in [-0.2, -0.15) is 0 Å². The number of rotatable bonds is 7. The highest BCUT2D eigenvalue weighted by atomic mass is 16.6. The molecule has 0 spiro atoms. The Morgan fingerprint density at radius 1 is 1.14 bits per heavy atom. The predicted octanol–water partition coefficient (Wildman–Crippen LogP) is 1.87. The average molecular weight is 386 g/mol. The number of benzene rings is 2. The van der Waals surface area contributed by atoms with Gasteiger partial charge in [0, 0.05) is 18.7 Å². The number of carbonyl (C=O) groups is 3. The fourth-order valence-electron chi connectivity index (χ4n) is 2.21. The molecule has 0 radical (unpaired) electrons. The first kappa shape index (κ1) is 20.4. The number of non-ortho nitro benzene ring substituents is 1. The average Bonchev–Trinajstić information content (AvgIpc) is 2.66. The van der Waals surface area contributed by atoms with Gasteiger partial charge in [0.1, 0.15) is 0 Å². The quantitative estimate of drug-likeness (QED) is 0.375. The molecule has 10 nitrogen and oxygen atoms in total. The van der Waals surface area contributed by atoms with Gasteiger partial charge in [-0.15, -0.1) is 0 Å². The lowest BCUT2D eigenvalue weighted by molar-refractivity contribution is -0.384. The van der Waals surface area contributed by atoms with Crippen LogP contribution < -0.4 is 16.4 Å². The van der Waals surface area contributed by atoms with Crippen molar-refractivity contribution in [3.05, 3.63) is 69.3 Å². The number of nitrogens with zero attached hydrogens (tertiary/aromatic N) is 1. The number of ether oxygens (including phenoxy) is 1. The molecule has 2 aromatic rings. The Morgan fingerprint density at radius 2 is 1.82 bits per heavy atom. The highest BCUT2D eigenvalue weighted by molar-refractivity contribution is 5.96. The number of hydrogen-bond acceptors (Lipinski definition) is 6. The first-order valence-corrected chi connectivity index (χ1v) is 8.10. The van der Waals surface area contributed by atoms with Crippen LogP contribution in [0.15, 0.2) is 42.5 Å². The summed E-state index contributed by atoms with van der Waals surface area (Å²) >= 11 is 0. The lowest BCUT2D eigenvalue weighted by atomic mass is 10.1. The Morgan fingerprint density at radius 3 is 2.43 bits per heavy atom. The van der Waals surface area contributed by atoms with Crippen LogP contribution in [0.2, 0.25) is 0 Å². The Balaban J connectivity index is 1.90. The second kappa shape index (κ2) is 9.12. The van der Waals surface area contributed by atoms with Crippen molar-refractivity contribution < 1.29 is 24.0 Å². The molecule has 0 aliphatic rings. The summed E-state index contributed by atoms with van der Waals surface area (Å²) in [6.45, 7) is 1.35. The second-order valence-corrected chi connectivity index (χ2v) is 5.80. The Hall–Kier alpha value is -3.95. The number of nitrogens with one attached hydrogen (secondary N) is 2. The number of aryl methyl sites for hydroxylation is 1. The van der Waals surface area contributed by atoms with E-state index < -0.39 is 29.4 Å². The molecule has 28 heavy (non-hydrogen) atoms. The number of esters is 1. The number of primary amides is 1. The van der Waals surface area contributed by atoms with E-state index >= 15 is 0 Å². The fourth-order valence-corrected chi connectivity index (χ4v) is 2.21. The van der Waals surface area contributed by atoms with E-state index in [1.807, 2.05) is 0 Å². The normalized spacial score (nSPS) is 10.0. The second-order valence-electron chi connectivity index (χ2n) is 5.80. The van der Waals surface area contributed by atoms with Crippen LogP contribution in [0.5, 0.6) is 0 Å². The molecule has 0 unspecified atom stereocenters. The van der Waals surface area contributed by atoms with Crippen molar-refractivity contribution in [2.45, 2.75) is 13.5 Å². The standard InChI is InChI=1S/C18H18N4O6/c1-11-2-7-14(22(26)27)8-15(11)21-16(23)10-28-17(24)13-5-3-12(4-6-13)9-20-18(19)25/h2-8H,9-10H2,1H3,(H,21,23)(H3,19,20,25). The maximum absolute atomic E-state index is 12.0. The van der Waals surface area contributed by atoms with Crippen molar-refractivity contribution in [3.63, 3.8) is 0 Å². The number of nitrogens with two attached hydrogens (primary N) is 1. The van der Waals surface area contributed by atoms with Crippen LogP contribution in [-0.2, 0) is 16.1 Å². The molecule has 0 aliphatic heterocycles. The summed E-state index contributed by atoms with van der Waals surface area (Å²) in [5.41, 5.74) is 6.67. The molecule has 0 aliphatic carbocycles. The van der Waals surface area contributed by atoms with Crippen molar-refractivity contribution in [1.29, 1.82) is 0 Å². The van der Waals surface area contributed by atoms with Gasteiger partial charge in [-0.1, -0.05) is 18.2 Å². The zero-order chi connectivity index (χ0) is 20.7. The monoisotopic (exact) mass is 386 g/mol. The molecular formula is C18H18N4O6. The SMILES string of the molecule is Cc1ccc([N+](=O)[O-])cc1NC(=O)COC(=O)c1ccc(CNC(N)=O)cc1. The van der Waals surface area contributed by atoms with Gasteiger partial charge in [0.05, 0.1) is 16.2 Å². The van der Waals surface area contributed by atoms with Crippen LogP contribution in [0.3, 0.4) is 0 Å². The minimum absolute atomic E-state index is 0.163. The molecule has 10 heteroatoms. The van der Waals surface area contributed by atoms with Crippen molar-refractivity contribution in [1.82, 2.24) is 5.32 Å². The third-order valence-electron chi connectivity index (χ3n) is 3.70. The van der Waals surface area contributed by atoms with Gasteiger partial charge in [-0.25, -0.2) is 9.59 Å². The van der Waals surface area contributed by atoms with Gasteiger partial charge in [0.15, 0.2) is 6.61 Å².